The molecule has 1 saturated heterocycles. The zero-order chi connectivity index (χ0) is 5.98. The van der Waals surface area contributed by atoms with E-state index in [1.807, 2.05) is 4.58 Å². The third-order valence-electron chi connectivity index (χ3n) is 1.53. The molecule has 1 aliphatic heterocycles. The molecule has 1 unspecified atom stereocenters. The minimum atomic E-state index is 0. The average Bonchev–Trinajstić information content (AvgIpc) is 1.77. The second-order valence-corrected chi connectivity index (χ2v) is 2.75. The fraction of sp³-hybridized carbons (Fsp3) is 0.833. The number of rotatable bonds is 0. The summed E-state index contributed by atoms with van der Waals surface area (Å²) in [4.78, 5) is 0. The summed E-state index contributed by atoms with van der Waals surface area (Å²) in [6.07, 6.45) is 3.62. The third-order valence-corrected chi connectivity index (χ3v) is 2.03. The van der Waals surface area contributed by atoms with Gasteiger partial charge >= 0.3 is 0 Å². The molecule has 0 aliphatic carbocycles. The molecule has 0 spiro atoms. The zero-order valence-corrected chi connectivity index (χ0v) is 6.83. The summed E-state index contributed by atoms with van der Waals surface area (Å²) in [6.45, 7) is 4.84. The summed E-state index contributed by atoms with van der Waals surface area (Å²) < 4.78 is 1.95. The van der Waals surface area contributed by atoms with E-state index in [4.69, 9.17) is 11.6 Å². The molecule has 1 heterocycles. The molecular formula is C6H11Cl2N. The molecule has 3 heteroatoms. The van der Waals surface area contributed by atoms with Gasteiger partial charge in [-0.1, -0.05) is 0 Å². The molecule has 1 nitrogen and oxygen atoms in total. The topological polar surface area (TPSA) is 3.01 Å². The molecule has 0 N–H and O–H groups in total. The van der Waals surface area contributed by atoms with Crippen molar-refractivity contribution in [2.24, 2.45) is 0 Å². The maximum Gasteiger partial charge on any atom is 0.226 e. The fourth-order valence-corrected chi connectivity index (χ4v) is 1.20. The van der Waals surface area contributed by atoms with Crippen molar-refractivity contribution in [1.82, 2.24) is 0 Å². The average molecular weight is 168 g/mol. The predicted molar refractivity (Wildman–Crippen MR) is 35.7 cm³/mol. The quantitative estimate of drug-likeness (QED) is 0.234. The van der Waals surface area contributed by atoms with E-state index in [1.165, 1.54) is 12.8 Å². The summed E-state index contributed by atoms with van der Waals surface area (Å²) in [7, 11) is 0. The van der Waals surface area contributed by atoms with Crippen LogP contribution in [0.25, 0.3) is 0 Å². The highest BCUT2D eigenvalue weighted by atomic mass is 35.5. The van der Waals surface area contributed by atoms with Crippen LogP contribution in [0.2, 0.25) is 0 Å². The predicted octanol–water partition coefficient (Wildman–Crippen LogP) is -1.55. The molecule has 54 valence electrons. The number of piperidine rings is 1. The maximum absolute atomic E-state index is 5.83. The van der Waals surface area contributed by atoms with Crippen molar-refractivity contribution in [2.45, 2.75) is 24.8 Å². The van der Waals surface area contributed by atoms with Crippen LogP contribution in [0.3, 0.4) is 0 Å². The van der Waals surface area contributed by atoms with Gasteiger partial charge in [-0.15, -0.1) is 0 Å². The molecule has 0 aromatic carbocycles. The van der Waals surface area contributed by atoms with Crippen molar-refractivity contribution >= 4 is 18.3 Å². The van der Waals surface area contributed by atoms with Crippen LogP contribution in [0.5, 0.6) is 0 Å². The molecule has 0 aromatic heterocycles. The van der Waals surface area contributed by atoms with E-state index in [0.29, 0.717) is 0 Å². The molecule has 1 fully saturated rings. The molecule has 0 aromatic rings. The summed E-state index contributed by atoms with van der Waals surface area (Å²) in [5.74, 6) is 0. The molecule has 1 aliphatic rings. The maximum atomic E-state index is 5.83. The van der Waals surface area contributed by atoms with E-state index in [1.54, 1.807) is 0 Å². The monoisotopic (exact) mass is 167 g/mol. The second-order valence-electron chi connectivity index (χ2n) is 2.24. The van der Waals surface area contributed by atoms with Gasteiger partial charge in [-0.05, 0) is 18.0 Å². The molecule has 0 bridgehead atoms. The van der Waals surface area contributed by atoms with Gasteiger partial charge in [-0.3, -0.25) is 0 Å². The van der Waals surface area contributed by atoms with Gasteiger partial charge in [0, 0.05) is 12.8 Å². The minimum Gasteiger partial charge on any atom is -1.00 e. The van der Waals surface area contributed by atoms with Crippen LogP contribution >= 0.6 is 11.6 Å². The van der Waals surface area contributed by atoms with Crippen molar-refractivity contribution in [3.63, 3.8) is 0 Å². The van der Waals surface area contributed by atoms with E-state index in [2.05, 4.69) is 6.72 Å². The van der Waals surface area contributed by atoms with E-state index < -0.39 is 0 Å². The lowest BCUT2D eigenvalue weighted by Gasteiger charge is -2.12. The van der Waals surface area contributed by atoms with Crippen molar-refractivity contribution < 1.29 is 17.0 Å². The zero-order valence-electron chi connectivity index (χ0n) is 5.32. The number of hydrogen-bond acceptors (Lipinski definition) is 0. The lowest BCUT2D eigenvalue weighted by atomic mass is 10.2. The highest BCUT2D eigenvalue weighted by molar-refractivity contribution is 6.19. The van der Waals surface area contributed by atoms with Gasteiger partial charge in [0.2, 0.25) is 5.50 Å². The third kappa shape index (κ3) is 2.55. The second kappa shape index (κ2) is 4.13. The first kappa shape index (κ1) is 9.25. The van der Waals surface area contributed by atoms with Crippen molar-refractivity contribution in [1.29, 1.82) is 0 Å². The fourth-order valence-electron chi connectivity index (χ4n) is 0.950. The van der Waals surface area contributed by atoms with Gasteiger partial charge in [0.1, 0.15) is 13.3 Å². The first-order valence-electron chi connectivity index (χ1n) is 3.02. The Balaban J connectivity index is 0.000000640. The summed E-state index contributed by atoms with van der Waals surface area (Å²) >= 11 is 5.83. The number of halogens is 2. The Bertz CT molecular complexity index is 103. The molecular weight excluding hydrogens is 157 g/mol. The van der Waals surface area contributed by atoms with Crippen molar-refractivity contribution in [3.05, 3.63) is 0 Å². The van der Waals surface area contributed by atoms with Crippen molar-refractivity contribution in [2.75, 3.05) is 6.54 Å². The highest BCUT2D eigenvalue weighted by Gasteiger charge is 2.18. The Morgan fingerprint density at radius 3 is 2.44 bits per heavy atom. The number of nitrogens with zero attached hydrogens (tertiary/aromatic N) is 1. The van der Waals surface area contributed by atoms with Gasteiger partial charge in [0.15, 0.2) is 0 Å². The molecule has 1 atom stereocenters. The van der Waals surface area contributed by atoms with Crippen LogP contribution in [0, 0.1) is 0 Å². The van der Waals surface area contributed by atoms with Crippen LogP contribution in [0.1, 0.15) is 19.3 Å². The standard InChI is InChI=1S/C6H11ClN.ClH/c1-8-5-3-2-4-6(8)7;/h6H,1-5H2;1H/q+1;/p-1. The smallest absolute Gasteiger partial charge is 0.226 e. The molecule has 0 radical (unpaired) electrons. The summed E-state index contributed by atoms with van der Waals surface area (Å²) in [5, 5.41) is 0. The van der Waals surface area contributed by atoms with Gasteiger partial charge in [0.25, 0.3) is 0 Å². The Hall–Kier alpha value is 0.250. The molecule has 0 saturated carbocycles. The SMILES string of the molecule is C=[N+]1CCCCC1Cl.[Cl-]. The van der Waals surface area contributed by atoms with E-state index >= 15 is 0 Å². The minimum absolute atomic E-state index is 0. The number of hydrogen-bond donors (Lipinski definition) is 0. The van der Waals surface area contributed by atoms with Gasteiger partial charge < -0.3 is 12.4 Å². The summed E-state index contributed by atoms with van der Waals surface area (Å²) in [5.41, 5.74) is 0.198. The molecule has 1 rings (SSSR count). The van der Waals surface area contributed by atoms with Gasteiger partial charge in [-0.25, -0.2) is 4.58 Å². The summed E-state index contributed by atoms with van der Waals surface area (Å²) in [6, 6.07) is 0. The Morgan fingerprint density at radius 2 is 2.11 bits per heavy atom. The van der Waals surface area contributed by atoms with Crippen molar-refractivity contribution in [3.8, 4) is 0 Å². The van der Waals surface area contributed by atoms with Crippen LogP contribution < -0.4 is 12.4 Å². The van der Waals surface area contributed by atoms with E-state index in [0.717, 1.165) is 13.0 Å². The first-order chi connectivity index (χ1) is 3.80. The molecule has 9 heavy (non-hydrogen) atoms. The lowest BCUT2D eigenvalue weighted by Crippen LogP contribution is -3.00. The largest absolute Gasteiger partial charge is 1.00 e. The normalized spacial score (nSPS) is 27.2. The van der Waals surface area contributed by atoms with Gasteiger partial charge in [0.05, 0.1) is 0 Å². The van der Waals surface area contributed by atoms with Crippen LogP contribution in [0.4, 0.5) is 0 Å². The van der Waals surface area contributed by atoms with Crippen LogP contribution in [-0.2, 0) is 0 Å². The Labute approximate surface area is 67.1 Å². The Morgan fingerprint density at radius 1 is 1.44 bits per heavy atom. The first-order valence-corrected chi connectivity index (χ1v) is 3.45. The van der Waals surface area contributed by atoms with E-state index in [9.17, 15) is 0 Å². The number of alkyl halides is 1. The van der Waals surface area contributed by atoms with E-state index in [-0.39, 0.29) is 17.9 Å². The van der Waals surface area contributed by atoms with Gasteiger partial charge in [-0.2, -0.15) is 0 Å². The lowest BCUT2D eigenvalue weighted by molar-refractivity contribution is -0.546. The van der Waals surface area contributed by atoms with Crippen LogP contribution in [0.15, 0.2) is 0 Å². The molecule has 0 amide bonds. The Kier molecular flexibility index (Phi) is 4.24. The highest BCUT2D eigenvalue weighted by Crippen LogP contribution is 2.13. The van der Waals surface area contributed by atoms with Crippen LogP contribution in [-0.4, -0.2) is 23.3 Å².